The quantitative estimate of drug-likeness (QED) is 0.626. The van der Waals surface area contributed by atoms with Crippen molar-refractivity contribution < 1.29 is 40.6 Å². The summed E-state index contributed by atoms with van der Waals surface area (Å²) in [7, 11) is 0.744. The number of ether oxygens (including phenoxy) is 2. The van der Waals surface area contributed by atoms with Gasteiger partial charge in [0.2, 0.25) is 0 Å². The van der Waals surface area contributed by atoms with E-state index < -0.39 is 40.8 Å². The van der Waals surface area contributed by atoms with Gasteiger partial charge < -0.3 is 9.47 Å². The number of methoxy groups -OCH3 is 1. The molecule has 0 saturated carbocycles. The van der Waals surface area contributed by atoms with Crippen molar-refractivity contribution in [3.63, 3.8) is 0 Å². The molecule has 0 aliphatic carbocycles. The van der Waals surface area contributed by atoms with E-state index in [1.54, 1.807) is 0 Å². The predicted octanol–water partition coefficient (Wildman–Crippen LogP) is 3.91. The van der Waals surface area contributed by atoms with Gasteiger partial charge in [-0.3, -0.25) is 0 Å². The molecule has 0 aromatic heterocycles. The van der Waals surface area contributed by atoms with Gasteiger partial charge in [0.1, 0.15) is 16.9 Å². The van der Waals surface area contributed by atoms with E-state index in [0.717, 1.165) is 7.11 Å². The molecule has 1 rings (SSSR count). The van der Waals surface area contributed by atoms with Crippen LogP contribution in [0.5, 0.6) is 5.75 Å². The van der Waals surface area contributed by atoms with E-state index >= 15 is 0 Å². The highest BCUT2D eigenvalue weighted by Gasteiger charge is 2.46. The third-order valence-corrected chi connectivity index (χ3v) is 2.45. The first-order chi connectivity index (χ1) is 9.54. The fourth-order valence-corrected chi connectivity index (χ4v) is 1.68. The molecule has 0 radical (unpaired) electrons. The van der Waals surface area contributed by atoms with Crippen molar-refractivity contribution in [2.75, 3.05) is 13.7 Å². The highest BCUT2D eigenvalue weighted by molar-refractivity contribution is 5.93. The van der Waals surface area contributed by atoms with Crippen LogP contribution in [0.25, 0.3) is 0 Å². The lowest BCUT2D eigenvalue weighted by molar-refractivity contribution is -0.163. The van der Waals surface area contributed by atoms with E-state index in [-0.39, 0.29) is 12.7 Å². The maximum absolute atomic E-state index is 12.9. The van der Waals surface area contributed by atoms with Crippen molar-refractivity contribution in [3.8, 4) is 5.75 Å². The van der Waals surface area contributed by atoms with Crippen molar-refractivity contribution in [1.29, 1.82) is 0 Å². The summed E-state index contributed by atoms with van der Waals surface area (Å²) in [6, 6.07) is 0.770. The lowest BCUT2D eigenvalue weighted by Gasteiger charge is -2.20. The molecule has 0 fully saturated rings. The van der Waals surface area contributed by atoms with Gasteiger partial charge in [0.05, 0.1) is 19.3 Å². The standard InChI is InChI=1S/C12H10F6O3/c1-3-21-10(19)6-4-5-7(11(13,14)15)8(9(6)20-2)12(16,17)18/h4-5H,3H2,1-2H3. The van der Waals surface area contributed by atoms with Crippen LogP contribution in [-0.2, 0) is 17.1 Å². The third kappa shape index (κ3) is 3.59. The molecule has 0 saturated heterocycles. The number of alkyl halides is 6. The van der Waals surface area contributed by atoms with Gasteiger partial charge in [-0.15, -0.1) is 0 Å². The molecule has 9 heteroatoms. The van der Waals surface area contributed by atoms with E-state index in [1.165, 1.54) is 6.92 Å². The Kier molecular flexibility index (Phi) is 4.75. The minimum Gasteiger partial charge on any atom is -0.495 e. The monoisotopic (exact) mass is 316 g/mol. The molecule has 0 unspecified atom stereocenters. The van der Waals surface area contributed by atoms with E-state index in [0.29, 0.717) is 6.07 Å². The fourth-order valence-electron chi connectivity index (χ4n) is 1.68. The molecular weight excluding hydrogens is 306 g/mol. The summed E-state index contributed by atoms with van der Waals surface area (Å²) < 4.78 is 85.8. The average molecular weight is 316 g/mol. The number of hydrogen-bond donors (Lipinski definition) is 0. The summed E-state index contributed by atoms with van der Waals surface area (Å²) >= 11 is 0. The van der Waals surface area contributed by atoms with Crippen LogP contribution >= 0.6 is 0 Å². The minimum absolute atomic E-state index is 0.148. The first-order valence-corrected chi connectivity index (χ1v) is 5.56. The molecule has 0 spiro atoms. The molecule has 0 bridgehead atoms. The normalized spacial score (nSPS) is 12.2. The largest absolute Gasteiger partial charge is 0.495 e. The van der Waals surface area contributed by atoms with Crippen LogP contribution in [0.3, 0.4) is 0 Å². The molecule has 0 N–H and O–H groups in total. The molecule has 0 amide bonds. The molecule has 21 heavy (non-hydrogen) atoms. The number of hydrogen-bond acceptors (Lipinski definition) is 3. The minimum atomic E-state index is -5.35. The number of carbonyl (C=O) groups excluding carboxylic acids is 1. The SMILES string of the molecule is CCOC(=O)c1ccc(C(F)(F)F)c(C(F)(F)F)c1OC. The average Bonchev–Trinajstić information content (AvgIpc) is 2.34. The van der Waals surface area contributed by atoms with Gasteiger partial charge in [0.25, 0.3) is 0 Å². The number of esters is 1. The summed E-state index contributed by atoms with van der Waals surface area (Å²) in [5, 5.41) is 0. The zero-order valence-electron chi connectivity index (χ0n) is 10.9. The predicted molar refractivity (Wildman–Crippen MR) is 59.0 cm³/mol. The Morgan fingerprint density at radius 2 is 1.67 bits per heavy atom. The molecular formula is C12H10F6O3. The van der Waals surface area contributed by atoms with E-state index in [2.05, 4.69) is 9.47 Å². The second-order valence-electron chi connectivity index (χ2n) is 3.78. The second-order valence-corrected chi connectivity index (χ2v) is 3.78. The zero-order chi connectivity index (χ0) is 16.4. The highest BCUT2D eigenvalue weighted by Crippen LogP contribution is 2.46. The van der Waals surface area contributed by atoms with Gasteiger partial charge >= 0.3 is 18.3 Å². The van der Waals surface area contributed by atoms with Gasteiger partial charge in [0, 0.05) is 0 Å². The Balaban J connectivity index is 3.66. The summed E-state index contributed by atoms with van der Waals surface area (Å²) in [4.78, 5) is 11.5. The van der Waals surface area contributed by atoms with Crippen LogP contribution in [0.4, 0.5) is 26.3 Å². The number of rotatable bonds is 3. The Hall–Kier alpha value is -1.93. The molecule has 3 nitrogen and oxygen atoms in total. The summed E-state index contributed by atoms with van der Waals surface area (Å²) in [6.45, 7) is 1.25. The summed E-state index contributed by atoms with van der Waals surface area (Å²) in [5.41, 5.74) is -4.71. The molecule has 118 valence electrons. The molecule has 0 heterocycles. The molecule has 0 aliphatic rings. The van der Waals surface area contributed by atoms with E-state index in [1.807, 2.05) is 0 Å². The van der Waals surface area contributed by atoms with Gasteiger partial charge in [-0.25, -0.2) is 4.79 Å². The Morgan fingerprint density at radius 1 is 1.10 bits per heavy atom. The lowest BCUT2D eigenvalue weighted by atomic mass is 10.0. The van der Waals surface area contributed by atoms with Crippen LogP contribution in [-0.4, -0.2) is 19.7 Å². The van der Waals surface area contributed by atoms with Crippen LogP contribution in [0.1, 0.15) is 28.4 Å². The summed E-state index contributed by atoms with van der Waals surface area (Å²) in [5.74, 6) is -2.41. The molecule has 0 atom stereocenters. The van der Waals surface area contributed by atoms with Crippen LogP contribution < -0.4 is 4.74 Å². The van der Waals surface area contributed by atoms with E-state index in [4.69, 9.17) is 0 Å². The van der Waals surface area contributed by atoms with Crippen molar-refractivity contribution in [3.05, 3.63) is 28.8 Å². The first kappa shape index (κ1) is 17.1. The zero-order valence-corrected chi connectivity index (χ0v) is 10.9. The van der Waals surface area contributed by atoms with Gasteiger partial charge in [-0.1, -0.05) is 0 Å². The van der Waals surface area contributed by atoms with Gasteiger partial charge in [-0.2, -0.15) is 26.3 Å². The Labute approximate surface area is 115 Å². The van der Waals surface area contributed by atoms with Crippen LogP contribution in [0.15, 0.2) is 12.1 Å². The summed E-state index contributed by atoms with van der Waals surface area (Å²) in [6.07, 6.45) is -10.6. The van der Waals surface area contributed by atoms with Crippen LogP contribution in [0.2, 0.25) is 0 Å². The maximum atomic E-state index is 12.9. The molecule has 1 aromatic rings. The smallest absolute Gasteiger partial charge is 0.420 e. The van der Waals surface area contributed by atoms with Crippen molar-refractivity contribution >= 4 is 5.97 Å². The van der Waals surface area contributed by atoms with Gasteiger partial charge in [-0.05, 0) is 19.1 Å². The lowest BCUT2D eigenvalue weighted by Crippen LogP contribution is -2.20. The van der Waals surface area contributed by atoms with Crippen molar-refractivity contribution in [2.24, 2.45) is 0 Å². The maximum Gasteiger partial charge on any atom is 0.420 e. The van der Waals surface area contributed by atoms with Crippen LogP contribution in [0, 0.1) is 0 Å². The number of benzene rings is 1. The Morgan fingerprint density at radius 3 is 2.05 bits per heavy atom. The molecule has 1 aromatic carbocycles. The van der Waals surface area contributed by atoms with Crippen molar-refractivity contribution in [1.82, 2.24) is 0 Å². The highest BCUT2D eigenvalue weighted by atomic mass is 19.4. The topological polar surface area (TPSA) is 35.5 Å². The Bertz CT molecular complexity index is 533. The second kappa shape index (κ2) is 5.82. The van der Waals surface area contributed by atoms with E-state index in [9.17, 15) is 31.1 Å². The fraction of sp³-hybridized carbons (Fsp3) is 0.417. The van der Waals surface area contributed by atoms with Gasteiger partial charge in [0.15, 0.2) is 0 Å². The van der Waals surface area contributed by atoms with Crippen molar-refractivity contribution in [2.45, 2.75) is 19.3 Å². The third-order valence-electron chi connectivity index (χ3n) is 2.45. The number of carbonyl (C=O) groups is 1. The number of halogens is 6. The first-order valence-electron chi connectivity index (χ1n) is 5.56. The molecule has 0 aliphatic heterocycles.